The van der Waals surface area contributed by atoms with Crippen LogP contribution in [0, 0.1) is 0 Å². The topological polar surface area (TPSA) is 61.9 Å². The van der Waals surface area contributed by atoms with Gasteiger partial charge in [0.15, 0.2) is 5.82 Å². The molecule has 0 atom stereocenters. The van der Waals surface area contributed by atoms with E-state index in [1.165, 1.54) is 10.3 Å². The third-order valence-corrected chi connectivity index (χ3v) is 6.55. The largest absolute Gasteiger partial charge is 0.306 e. The van der Waals surface area contributed by atoms with Crippen LogP contribution in [0.5, 0.6) is 0 Å². The number of hydrogen-bond acceptors (Lipinski definition) is 6. The average molecular weight is 380 g/mol. The van der Waals surface area contributed by atoms with E-state index in [1.54, 1.807) is 22.7 Å². The van der Waals surface area contributed by atoms with Crippen molar-refractivity contribution < 1.29 is 0 Å². The Labute approximate surface area is 158 Å². The Kier molecular flexibility index (Phi) is 3.92. The molecule has 1 N–H and O–H groups in total. The van der Waals surface area contributed by atoms with E-state index in [-0.39, 0.29) is 5.56 Å². The van der Waals surface area contributed by atoms with Crippen LogP contribution in [0.15, 0.2) is 46.7 Å². The van der Waals surface area contributed by atoms with Crippen molar-refractivity contribution in [2.45, 2.75) is 19.5 Å². The molecular formula is C19H16N4OS2. The molecular weight excluding hydrogens is 364 g/mol. The zero-order valence-electron chi connectivity index (χ0n) is 13.9. The van der Waals surface area contributed by atoms with Gasteiger partial charge in [0, 0.05) is 42.5 Å². The Morgan fingerprint density at radius 3 is 3.08 bits per heavy atom. The predicted octanol–water partition coefficient (Wildman–Crippen LogP) is 3.67. The molecule has 5 nitrogen and oxygen atoms in total. The summed E-state index contributed by atoms with van der Waals surface area (Å²) in [5.74, 6) is 0.688. The van der Waals surface area contributed by atoms with E-state index in [1.807, 2.05) is 29.8 Å². The molecule has 0 saturated heterocycles. The number of aromatic nitrogens is 3. The number of hydrogen-bond donors (Lipinski definition) is 1. The Balaban J connectivity index is 1.40. The van der Waals surface area contributed by atoms with Crippen molar-refractivity contribution >= 4 is 32.9 Å². The molecule has 4 aromatic heterocycles. The molecule has 7 heteroatoms. The highest BCUT2D eigenvalue weighted by molar-refractivity contribution is 7.18. The standard InChI is InChI=1S/C19H16N4OS2/c24-18-14-11-23(10-13-9-12-3-1-6-20-19(12)26-13)7-5-15(14)21-17(22-18)16-4-2-8-25-16/h1-4,6,8-9H,5,7,10-11H2,(H,21,22,24). The lowest BCUT2D eigenvalue weighted by Gasteiger charge is -2.27. The van der Waals surface area contributed by atoms with E-state index in [0.717, 1.165) is 40.5 Å². The molecule has 0 amide bonds. The highest BCUT2D eigenvalue weighted by atomic mass is 32.1. The smallest absolute Gasteiger partial charge is 0.255 e. The molecule has 5 rings (SSSR count). The summed E-state index contributed by atoms with van der Waals surface area (Å²) in [6, 6.07) is 10.2. The maximum absolute atomic E-state index is 12.6. The van der Waals surface area contributed by atoms with Gasteiger partial charge in [-0.1, -0.05) is 12.1 Å². The molecule has 0 radical (unpaired) electrons. The van der Waals surface area contributed by atoms with Crippen molar-refractivity contribution in [1.82, 2.24) is 19.9 Å². The van der Waals surface area contributed by atoms with Gasteiger partial charge in [-0.05, 0) is 23.6 Å². The van der Waals surface area contributed by atoms with Gasteiger partial charge in [-0.25, -0.2) is 9.97 Å². The van der Waals surface area contributed by atoms with Crippen LogP contribution in [0.3, 0.4) is 0 Å². The second-order valence-corrected chi connectivity index (χ2v) is 8.45. The Bertz CT molecular complexity index is 1100. The maximum atomic E-state index is 12.6. The lowest BCUT2D eigenvalue weighted by atomic mass is 10.1. The molecule has 4 aromatic rings. The first-order valence-electron chi connectivity index (χ1n) is 8.48. The van der Waals surface area contributed by atoms with Crippen LogP contribution < -0.4 is 5.56 Å². The zero-order chi connectivity index (χ0) is 17.5. The van der Waals surface area contributed by atoms with E-state index >= 15 is 0 Å². The van der Waals surface area contributed by atoms with Crippen molar-refractivity contribution in [1.29, 1.82) is 0 Å². The normalized spacial score (nSPS) is 14.6. The fourth-order valence-electron chi connectivity index (χ4n) is 3.37. The van der Waals surface area contributed by atoms with Crippen molar-refractivity contribution in [3.8, 4) is 10.7 Å². The van der Waals surface area contributed by atoms with Gasteiger partial charge in [0.1, 0.15) is 4.83 Å². The van der Waals surface area contributed by atoms with Gasteiger partial charge in [0.05, 0.1) is 16.1 Å². The summed E-state index contributed by atoms with van der Waals surface area (Å²) in [4.78, 5) is 30.3. The van der Waals surface area contributed by atoms with Crippen LogP contribution >= 0.6 is 22.7 Å². The molecule has 0 spiro atoms. The monoisotopic (exact) mass is 380 g/mol. The summed E-state index contributed by atoms with van der Waals surface area (Å²) in [6.07, 6.45) is 2.64. The van der Waals surface area contributed by atoms with Gasteiger partial charge in [0.25, 0.3) is 5.56 Å². The molecule has 26 heavy (non-hydrogen) atoms. The van der Waals surface area contributed by atoms with E-state index in [0.29, 0.717) is 12.4 Å². The summed E-state index contributed by atoms with van der Waals surface area (Å²) in [5.41, 5.74) is 1.73. The summed E-state index contributed by atoms with van der Waals surface area (Å²) in [6.45, 7) is 2.39. The Morgan fingerprint density at radius 2 is 2.23 bits per heavy atom. The number of nitrogens with one attached hydrogen (secondary N) is 1. The SMILES string of the molecule is O=c1[nH]c(-c2cccs2)nc2c1CN(Cc1cc3cccnc3s1)CC2. The first kappa shape index (κ1) is 15.9. The number of rotatable bonds is 3. The van der Waals surface area contributed by atoms with Crippen molar-refractivity contribution in [3.63, 3.8) is 0 Å². The average Bonchev–Trinajstić information content (AvgIpc) is 3.31. The Morgan fingerprint density at radius 1 is 1.27 bits per heavy atom. The second-order valence-electron chi connectivity index (χ2n) is 6.39. The highest BCUT2D eigenvalue weighted by Crippen LogP contribution is 2.27. The summed E-state index contributed by atoms with van der Waals surface area (Å²) in [5, 5.41) is 3.18. The molecule has 0 unspecified atom stereocenters. The molecule has 1 aliphatic heterocycles. The van der Waals surface area contributed by atoms with Gasteiger partial charge < -0.3 is 4.98 Å². The molecule has 0 bridgehead atoms. The first-order valence-corrected chi connectivity index (χ1v) is 10.2. The lowest BCUT2D eigenvalue weighted by molar-refractivity contribution is 0.244. The van der Waals surface area contributed by atoms with E-state index < -0.39 is 0 Å². The number of H-pyrrole nitrogens is 1. The summed E-state index contributed by atoms with van der Waals surface area (Å²) in [7, 11) is 0. The van der Waals surface area contributed by atoms with Crippen LogP contribution in [0.2, 0.25) is 0 Å². The van der Waals surface area contributed by atoms with Gasteiger partial charge in [-0.2, -0.15) is 0 Å². The second kappa shape index (κ2) is 6.42. The van der Waals surface area contributed by atoms with Gasteiger partial charge >= 0.3 is 0 Å². The molecule has 130 valence electrons. The van der Waals surface area contributed by atoms with Crippen LogP contribution in [0.1, 0.15) is 16.1 Å². The number of nitrogens with zero attached hydrogens (tertiary/aromatic N) is 3. The van der Waals surface area contributed by atoms with Crippen molar-refractivity contribution in [3.05, 3.63) is 68.4 Å². The molecule has 0 fully saturated rings. The summed E-state index contributed by atoms with van der Waals surface area (Å²) < 4.78 is 0. The highest BCUT2D eigenvalue weighted by Gasteiger charge is 2.22. The fraction of sp³-hybridized carbons (Fsp3) is 0.211. The predicted molar refractivity (Wildman–Crippen MR) is 106 cm³/mol. The molecule has 0 aromatic carbocycles. The maximum Gasteiger partial charge on any atom is 0.255 e. The van der Waals surface area contributed by atoms with E-state index in [2.05, 4.69) is 27.0 Å². The molecule has 1 aliphatic rings. The molecule has 0 aliphatic carbocycles. The van der Waals surface area contributed by atoms with Crippen molar-refractivity contribution in [2.75, 3.05) is 6.54 Å². The number of thiophene rings is 2. The number of aromatic amines is 1. The van der Waals surface area contributed by atoms with Crippen LogP contribution in [-0.2, 0) is 19.5 Å². The van der Waals surface area contributed by atoms with Gasteiger partial charge in [-0.3, -0.25) is 9.69 Å². The van der Waals surface area contributed by atoms with E-state index in [9.17, 15) is 4.79 Å². The minimum atomic E-state index is -0.0129. The van der Waals surface area contributed by atoms with Crippen molar-refractivity contribution in [2.24, 2.45) is 0 Å². The number of fused-ring (bicyclic) bond motifs is 2. The van der Waals surface area contributed by atoms with Gasteiger partial charge in [-0.15, -0.1) is 22.7 Å². The van der Waals surface area contributed by atoms with Crippen LogP contribution in [-0.4, -0.2) is 26.4 Å². The number of pyridine rings is 1. The molecule has 5 heterocycles. The first-order chi connectivity index (χ1) is 12.8. The minimum absolute atomic E-state index is 0.0129. The van der Waals surface area contributed by atoms with Crippen LogP contribution in [0.25, 0.3) is 20.9 Å². The van der Waals surface area contributed by atoms with E-state index in [4.69, 9.17) is 4.98 Å². The minimum Gasteiger partial charge on any atom is -0.306 e. The quantitative estimate of drug-likeness (QED) is 0.589. The fourth-order valence-corrected chi connectivity index (χ4v) is 5.08. The van der Waals surface area contributed by atoms with Gasteiger partial charge in [0.2, 0.25) is 0 Å². The zero-order valence-corrected chi connectivity index (χ0v) is 15.6. The molecule has 0 saturated carbocycles. The lowest BCUT2D eigenvalue weighted by Crippen LogP contribution is -2.35. The summed E-state index contributed by atoms with van der Waals surface area (Å²) >= 11 is 3.32. The third kappa shape index (κ3) is 2.88. The third-order valence-electron chi connectivity index (χ3n) is 4.63. The van der Waals surface area contributed by atoms with Crippen LogP contribution in [0.4, 0.5) is 0 Å². The Hall–Kier alpha value is -2.35.